The largest absolute Gasteiger partial charge is 0.270 e. The molecule has 1 aromatic heterocycles. The Morgan fingerprint density at radius 2 is 2.08 bits per heavy atom. The van der Waals surface area contributed by atoms with Crippen LogP contribution >= 0.6 is 0 Å². The van der Waals surface area contributed by atoms with Gasteiger partial charge in [-0.05, 0) is 25.0 Å². The predicted molar refractivity (Wildman–Crippen MR) is 101 cm³/mol. The van der Waals surface area contributed by atoms with Crippen LogP contribution in [0.2, 0.25) is 0 Å². The highest BCUT2D eigenvalue weighted by atomic mass is 16.6. The van der Waals surface area contributed by atoms with Crippen molar-refractivity contribution in [3.05, 3.63) is 76.0 Å². The summed E-state index contributed by atoms with van der Waals surface area (Å²) in [6.07, 6.45) is 4.70. The zero-order valence-corrected chi connectivity index (χ0v) is 14.7. The molecule has 1 aliphatic heterocycles. The van der Waals surface area contributed by atoms with Crippen LogP contribution in [-0.4, -0.2) is 17.2 Å². The number of aryl methyl sites for hydroxylation is 1. The normalized spacial score (nSPS) is 16.4. The van der Waals surface area contributed by atoms with E-state index in [1.54, 1.807) is 18.3 Å². The molecule has 4 rings (SSSR count). The Labute approximate surface area is 151 Å². The summed E-state index contributed by atoms with van der Waals surface area (Å²) in [6, 6.07) is 15.4. The van der Waals surface area contributed by atoms with E-state index in [9.17, 15) is 10.1 Å². The zero-order valence-electron chi connectivity index (χ0n) is 14.7. The summed E-state index contributed by atoms with van der Waals surface area (Å²) < 4.78 is 1.95. The van der Waals surface area contributed by atoms with Gasteiger partial charge in [-0.25, -0.2) is 4.57 Å². The molecule has 3 aromatic rings. The quantitative estimate of drug-likeness (QED) is 0.316. The molecule has 0 saturated carbocycles. The van der Waals surface area contributed by atoms with Crippen molar-refractivity contribution in [1.29, 1.82) is 0 Å². The van der Waals surface area contributed by atoms with Crippen molar-refractivity contribution in [2.45, 2.75) is 19.4 Å². The van der Waals surface area contributed by atoms with Crippen molar-refractivity contribution in [3.63, 3.8) is 0 Å². The number of benzene rings is 2. The van der Waals surface area contributed by atoms with Gasteiger partial charge in [0.1, 0.15) is 7.05 Å². The number of pyridine rings is 1. The third kappa shape index (κ3) is 2.69. The first-order valence-electron chi connectivity index (χ1n) is 8.52. The van der Waals surface area contributed by atoms with E-state index < -0.39 is 0 Å². The minimum Gasteiger partial charge on any atom is -0.262 e. The molecule has 0 aliphatic carbocycles. The molecule has 1 aliphatic rings. The monoisotopic (exact) mass is 347 g/mol. The molecule has 6 heteroatoms. The number of aromatic nitrogens is 1. The van der Waals surface area contributed by atoms with E-state index in [0.29, 0.717) is 0 Å². The summed E-state index contributed by atoms with van der Waals surface area (Å²) in [4.78, 5) is 10.8. The van der Waals surface area contributed by atoms with E-state index in [0.717, 1.165) is 28.6 Å². The minimum atomic E-state index is -0.369. The van der Waals surface area contributed by atoms with E-state index in [1.807, 2.05) is 41.0 Å². The van der Waals surface area contributed by atoms with Crippen LogP contribution < -0.4 is 9.58 Å². The lowest BCUT2D eigenvalue weighted by Crippen LogP contribution is -2.28. The zero-order chi connectivity index (χ0) is 18.3. The molecule has 26 heavy (non-hydrogen) atoms. The Morgan fingerprint density at radius 1 is 1.27 bits per heavy atom. The van der Waals surface area contributed by atoms with E-state index in [4.69, 9.17) is 5.10 Å². The molecular weight excluding hydrogens is 328 g/mol. The molecule has 0 bridgehead atoms. The number of anilines is 1. The average molecular weight is 347 g/mol. The van der Waals surface area contributed by atoms with E-state index in [-0.39, 0.29) is 16.7 Å². The summed E-state index contributed by atoms with van der Waals surface area (Å²) in [5.41, 5.74) is 4.27. The van der Waals surface area contributed by atoms with Gasteiger partial charge in [0.05, 0.1) is 28.3 Å². The lowest BCUT2D eigenvalue weighted by molar-refractivity contribution is -0.644. The maximum atomic E-state index is 11.1. The number of fused-ring (bicyclic) bond motifs is 2. The van der Waals surface area contributed by atoms with E-state index in [2.05, 4.69) is 19.1 Å². The van der Waals surface area contributed by atoms with Crippen LogP contribution in [0.1, 0.15) is 18.1 Å². The second-order valence-corrected chi connectivity index (χ2v) is 6.61. The van der Waals surface area contributed by atoms with Crippen LogP contribution in [0, 0.1) is 10.1 Å². The number of nitro benzene ring substituents is 1. The smallest absolute Gasteiger partial charge is 0.262 e. The Morgan fingerprint density at radius 3 is 2.88 bits per heavy atom. The SMILES string of the molecule is CC1Cc2ccccc2N1N=Cc1cc[n+](C)c2ccc([N+](=O)[O-])cc12. The van der Waals surface area contributed by atoms with Crippen molar-refractivity contribution in [1.82, 2.24) is 0 Å². The third-order valence-corrected chi connectivity index (χ3v) is 4.85. The Bertz CT molecular complexity index is 1050. The first kappa shape index (κ1) is 16.2. The first-order chi connectivity index (χ1) is 12.5. The van der Waals surface area contributed by atoms with Crippen LogP contribution in [0.4, 0.5) is 11.4 Å². The third-order valence-electron chi connectivity index (χ3n) is 4.85. The summed E-state index contributed by atoms with van der Waals surface area (Å²) in [7, 11) is 1.92. The highest BCUT2D eigenvalue weighted by molar-refractivity contribution is 5.98. The summed E-state index contributed by atoms with van der Waals surface area (Å²) in [5, 5.41) is 18.7. The van der Waals surface area contributed by atoms with E-state index >= 15 is 0 Å². The fourth-order valence-corrected chi connectivity index (χ4v) is 3.50. The molecule has 0 N–H and O–H groups in total. The number of hydrazone groups is 1. The predicted octanol–water partition coefficient (Wildman–Crippen LogP) is 3.36. The summed E-state index contributed by atoms with van der Waals surface area (Å²) >= 11 is 0. The van der Waals surface area contributed by atoms with Gasteiger partial charge in [-0.2, -0.15) is 5.10 Å². The van der Waals surface area contributed by atoms with Crippen molar-refractivity contribution in [3.8, 4) is 0 Å². The molecule has 1 unspecified atom stereocenters. The molecule has 1 atom stereocenters. The van der Waals surface area contributed by atoms with Gasteiger partial charge in [0.2, 0.25) is 5.52 Å². The van der Waals surface area contributed by atoms with Crippen LogP contribution in [0.3, 0.4) is 0 Å². The summed E-state index contributed by atoms with van der Waals surface area (Å²) in [6.45, 7) is 2.14. The molecule has 0 amide bonds. The van der Waals surface area contributed by atoms with Crippen molar-refractivity contribution in [2.24, 2.45) is 12.1 Å². The van der Waals surface area contributed by atoms with Gasteiger partial charge in [-0.3, -0.25) is 15.1 Å². The van der Waals surface area contributed by atoms with Crippen LogP contribution in [0.25, 0.3) is 10.9 Å². The maximum absolute atomic E-state index is 11.1. The second-order valence-electron chi connectivity index (χ2n) is 6.61. The number of nitrogens with zero attached hydrogens (tertiary/aromatic N) is 4. The molecule has 2 aromatic carbocycles. The number of hydrogen-bond donors (Lipinski definition) is 0. The van der Waals surface area contributed by atoms with E-state index in [1.165, 1.54) is 11.6 Å². The van der Waals surface area contributed by atoms with Crippen LogP contribution in [0.15, 0.2) is 59.8 Å². The molecule has 2 heterocycles. The van der Waals surface area contributed by atoms with Gasteiger partial charge in [-0.15, -0.1) is 0 Å². The molecule has 0 spiro atoms. The van der Waals surface area contributed by atoms with Gasteiger partial charge in [0.15, 0.2) is 6.20 Å². The number of para-hydroxylation sites is 1. The minimum absolute atomic E-state index is 0.0817. The van der Waals surface area contributed by atoms with Gasteiger partial charge < -0.3 is 0 Å². The Hall–Kier alpha value is -3.28. The summed E-state index contributed by atoms with van der Waals surface area (Å²) in [5.74, 6) is 0. The Balaban J connectivity index is 1.78. The lowest BCUT2D eigenvalue weighted by atomic mass is 10.1. The molecule has 0 saturated heterocycles. The van der Waals surface area contributed by atoms with Gasteiger partial charge in [0, 0.05) is 29.8 Å². The number of non-ortho nitro benzene ring substituents is 1. The lowest BCUT2D eigenvalue weighted by Gasteiger charge is -2.18. The van der Waals surface area contributed by atoms with Crippen LogP contribution in [-0.2, 0) is 13.5 Å². The van der Waals surface area contributed by atoms with Gasteiger partial charge in [0.25, 0.3) is 5.69 Å². The molecule has 6 nitrogen and oxygen atoms in total. The fourth-order valence-electron chi connectivity index (χ4n) is 3.50. The first-order valence-corrected chi connectivity index (χ1v) is 8.52. The highest BCUT2D eigenvalue weighted by Gasteiger charge is 2.25. The maximum Gasteiger partial charge on any atom is 0.270 e. The molecule has 130 valence electrons. The van der Waals surface area contributed by atoms with Crippen molar-refractivity contribution in [2.75, 3.05) is 5.01 Å². The molecule has 0 radical (unpaired) electrons. The Kier molecular flexibility index (Phi) is 3.88. The number of hydrogen-bond acceptors (Lipinski definition) is 4. The second kappa shape index (κ2) is 6.22. The number of rotatable bonds is 3. The molecular formula is C20H19N4O2+. The highest BCUT2D eigenvalue weighted by Crippen LogP contribution is 2.32. The van der Waals surface area contributed by atoms with Gasteiger partial charge in [-0.1, -0.05) is 18.2 Å². The molecule has 0 fully saturated rings. The number of nitro groups is 1. The van der Waals surface area contributed by atoms with Gasteiger partial charge >= 0.3 is 0 Å². The topological polar surface area (TPSA) is 62.6 Å². The average Bonchev–Trinajstić information content (AvgIpc) is 2.96. The van der Waals surface area contributed by atoms with Crippen molar-refractivity contribution < 1.29 is 9.49 Å². The fraction of sp³-hybridized carbons (Fsp3) is 0.200. The standard InChI is InChI=1S/C20H19N4O2/c1-14-11-15-5-3-4-6-19(15)23(14)21-13-16-9-10-22(2)20-8-7-17(24(25)26)12-18(16)20/h3-10,12-14H,11H2,1-2H3/q+1. The van der Waals surface area contributed by atoms with Crippen molar-refractivity contribution >= 4 is 28.5 Å². The van der Waals surface area contributed by atoms with Crippen LogP contribution in [0.5, 0.6) is 0 Å².